The Morgan fingerprint density at radius 2 is 0.774 bits per heavy atom. The molecule has 41 heteroatoms. The molecule has 5 spiro atoms. The summed E-state index contributed by atoms with van der Waals surface area (Å²) in [6.07, 6.45) is 14.0. The maximum absolute atomic E-state index is 13.8. The number of amides is 7. The normalized spacial score (nSPS) is 29.4. The summed E-state index contributed by atoms with van der Waals surface area (Å²) in [6, 6.07) is 39.6. The van der Waals surface area contributed by atoms with Gasteiger partial charge in [-0.1, -0.05) is 106 Å². The first-order chi connectivity index (χ1) is 64.9. The van der Waals surface area contributed by atoms with Crippen molar-refractivity contribution in [2.24, 2.45) is 56.0 Å². The SMILES string of the molecule is CN1C(=O)C2(CC(C3CCCOC3)Oc3ccc(-c4cccc(F)c4)cc32)N=C1N.CN1C(=O)C2(CC(C3CCCOC3)Oc3ccc(Br)cc32)N=C1N.CSC1=NC2(CC(C3CCCOC3)Oc3ccc(Br)cc32)C(=O)N1C.I.N.O=C1NC(=O)C2(CC(C3CCCOC3)Oc3ccc(Br)cc32)N1.O=C1NC(=S)NC12CC(C1CCCOC1)Oc1ccc(Br)cc12.OB(O)c1cccc(F)c1. The maximum Gasteiger partial charge on any atom is 0.488 e. The number of nitrogens with zero attached hydrogens (tertiary/aromatic N) is 6. The monoisotopic (exact) mass is 2290 g/mol. The minimum Gasteiger partial charge on any atom is -0.490 e. The Morgan fingerprint density at radius 1 is 0.438 bits per heavy atom. The molecule has 0 aromatic heterocycles. The minimum atomic E-state index is -1.59. The fourth-order valence-corrected chi connectivity index (χ4v) is 23.0. The quantitative estimate of drug-likeness (QED) is 0.0310. The molecular formula is C96H109BBr4F2IN13O18S2. The van der Waals surface area contributed by atoms with Gasteiger partial charge >= 0.3 is 13.1 Å². The van der Waals surface area contributed by atoms with E-state index in [1.54, 1.807) is 32.1 Å². The first kappa shape index (κ1) is 103. The first-order valence-corrected chi connectivity index (χ1v) is 50.1. The van der Waals surface area contributed by atoms with Gasteiger partial charge in [-0.15, -0.1) is 24.0 Å². The number of benzene rings is 7. The predicted octanol–water partition coefficient (Wildman–Crippen LogP) is 13.0. The van der Waals surface area contributed by atoms with Crippen LogP contribution in [0.3, 0.4) is 0 Å². The highest BCUT2D eigenvalue weighted by Crippen LogP contribution is 2.55. The number of ether oxygens (including phenoxy) is 10. The summed E-state index contributed by atoms with van der Waals surface area (Å²) < 4.78 is 89.1. The molecule has 15 aliphatic heterocycles. The van der Waals surface area contributed by atoms with E-state index in [0.717, 1.165) is 166 Å². The van der Waals surface area contributed by atoms with Crippen molar-refractivity contribution < 1.29 is 95.0 Å². The van der Waals surface area contributed by atoms with Gasteiger partial charge < -0.3 is 91.0 Å². The van der Waals surface area contributed by atoms with Gasteiger partial charge in [-0.3, -0.25) is 44.0 Å². The Balaban J connectivity index is 0.000000127. The van der Waals surface area contributed by atoms with E-state index >= 15 is 0 Å². The topological polar surface area (TPSA) is 417 Å². The predicted molar refractivity (Wildman–Crippen MR) is 539 cm³/mol. The van der Waals surface area contributed by atoms with Crippen molar-refractivity contribution in [1.29, 1.82) is 0 Å². The number of carbonyl (C=O) groups is 6. The summed E-state index contributed by atoms with van der Waals surface area (Å²) in [5, 5.41) is 29.4. The summed E-state index contributed by atoms with van der Waals surface area (Å²) in [5.41, 5.74) is 12.7. The number of thiocarbonyl (C=S) groups is 1. The molecule has 15 unspecified atom stereocenters. The van der Waals surface area contributed by atoms with Crippen LogP contribution in [0.15, 0.2) is 172 Å². The zero-order valence-corrected chi connectivity index (χ0v) is 86.1. The number of amidine groups is 1. The molecule has 31 nitrogen and oxygen atoms in total. The standard InChI is InChI=1S/C23H24FN3O3.C18H21BrN2O3S.C17H20BrN3O3.C16H17BrN2O4.C16H17BrN2O3S.C6H6BFO2.HI.H3N/c1-27-21(28)23(26-22(27)25)12-20(16-5-3-9-29-13-16)30-19-8-7-15(11-18(19)23)14-4-2-6-17(24)10-14;1-21-16(22)18(20-17(21)25-2)9-15(11-4-3-7-23-10-11)24-14-6-5-12(19)8-13(14)18;1-21-15(22)17(20-16(21)19)8-14(10-3-2-6-23-9-10)24-13-5-4-11(18)7-12(13)17;17-10-3-4-12-11(6-10)16(14(20)18-15(21)19-16)7-13(23-12)9-2-1-5-22-8-9;17-10-3-4-12-11(6-10)16(14(20)18-15(23)19-16)7-13(22-12)9-2-1-5-21-8-9;8-6-3-1-2-5(4-6)7(9)10;;/h2,4,6-8,10-11,16,20H,3,5,9,12-13H2,1H3,(H2,25,26);5-6,8,11,15H,3-4,7,9-10H2,1-2H3;4-5,7,10,14H,2-3,6,8-9H2,1H3,(H2,19,20);3-4,6,9,13H,1-2,5,7-8H2,(H2,18,19,20,21);3-4,6,9,13H,1-2,5,7-8H2,(H2,18,19,20,23);1-4,9-10H;1H;1H3. The number of imide groups is 1. The largest absolute Gasteiger partial charge is 0.490 e. The van der Waals surface area contributed by atoms with Crippen LogP contribution in [0.25, 0.3) is 11.1 Å². The van der Waals surface area contributed by atoms with Crippen molar-refractivity contribution in [3.63, 3.8) is 0 Å². The van der Waals surface area contributed by atoms with Crippen LogP contribution in [0.5, 0.6) is 28.7 Å². The Bertz CT molecular complexity index is 5710. The maximum atomic E-state index is 13.8. The molecule has 15 heterocycles. The first-order valence-electron chi connectivity index (χ1n) is 45.3. The van der Waals surface area contributed by atoms with Gasteiger partial charge in [-0.05, 0) is 208 Å². The Hall–Kier alpha value is -8.54. The number of hydrogen-bond acceptors (Lipinski definition) is 26. The van der Waals surface area contributed by atoms with E-state index in [1.807, 2.05) is 103 Å². The number of guanidine groups is 2. The molecule has 13 N–H and O–H groups in total. The lowest BCUT2D eigenvalue weighted by Crippen LogP contribution is -2.52. The molecule has 22 rings (SSSR count). The average molecular weight is 2290 g/mol. The smallest absolute Gasteiger partial charge is 0.488 e. The lowest BCUT2D eigenvalue weighted by Gasteiger charge is -2.41. The summed E-state index contributed by atoms with van der Waals surface area (Å²) in [5.74, 6) is 3.78. The van der Waals surface area contributed by atoms with Gasteiger partial charge in [0.15, 0.2) is 49.9 Å². The lowest BCUT2D eigenvalue weighted by molar-refractivity contribution is -0.134. The molecule has 15 aliphatic rings. The molecular weight excluding hydrogens is 2180 g/mol. The van der Waals surface area contributed by atoms with Gasteiger partial charge in [0.2, 0.25) is 0 Å². The molecule has 7 saturated heterocycles. The lowest BCUT2D eigenvalue weighted by atomic mass is 9.77. The van der Waals surface area contributed by atoms with Crippen molar-refractivity contribution >= 4 is 182 Å². The number of fused-ring (bicyclic) bond motifs is 10. The molecule has 0 radical (unpaired) electrons. The highest BCUT2D eigenvalue weighted by Gasteiger charge is 2.61. The van der Waals surface area contributed by atoms with Gasteiger partial charge in [-0.2, -0.15) is 0 Å². The van der Waals surface area contributed by atoms with Crippen molar-refractivity contribution in [2.45, 2.75) is 155 Å². The number of nitrogens with one attached hydrogen (secondary N) is 4. The summed E-state index contributed by atoms with van der Waals surface area (Å²) in [6.45, 7) is 7.22. The third-order valence-electron chi connectivity index (χ3n) is 27.7. The second kappa shape index (κ2) is 43.5. The summed E-state index contributed by atoms with van der Waals surface area (Å²) in [4.78, 5) is 95.4. The number of urea groups is 1. The van der Waals surface area contributed by atoms with E-state index in [9.17, 15) is 37.5 Å². The molecule has 15 atom stereocenters. The van der Waals surface area contributed by atoms with Gasteiger partial charge in [0, 0.05) is 162 Å². The Labute approximate surface area is 852 Å². The molecule has 0 saturated carbocycles. The van der Waals surface area contributed by atoms with Crippen LogP contribution in [0, 0.1) is 41.2 Å². The third kappa shape index (κ3) is 21.1. The molecule has 7 aromatic carbocycles. The summed E-state index contributed by atoms with van der Waals surface area (Å²) in [7, 11) is 3.52. The average Bonchev–Trinajstić information content (AvgIpc) is 1.66. The van der Waals surface area contributed by atoms with E-state index in [0.29, 0.717) is 110 Å². The zero-order valence-electron chi connectivity index (χ0n) is 75.8. The van der Waals surface area contributed by atoms with Crippen molar-refractivity contribution in [3.05, 3.63) is 197 Å². The molecule has 7 amide bonds. The molecule has 7 aromatic rings. The van der Waals surface area contributed by atoms with Gasteiger partial charge in [0.1, 0.15) is 70.9 Å². The zero-order chi connectivity index (χ0) is 95.0. The van der Waals surface area contributed by atoms with Crippen LogP contribution in [-0.2, 0) is 75.4 Å². The van der Waals surface area contributed by atoms with Gasteiger partial charge in [0.05, 0.1) is 33.0 Å². The van der Waals surface area contributed by atoms with Crippen LogP contribution in [0.1, 0.15) is 124 Å². The fraction of sp³-hybridized carbons (Fsp3) is 0.458. The van der Waals surface area contributed by atoms with Crippen molar-refractivity contribution in [1.82, 2.24) is 42.1 Å². The number of nitrogens with two attached hydrogens (primary N) is 2. The van der Waals surface area contributed by atoms with Crippen LogP contribution < -0.4 is 68.0 Å². The number of thioether (sulfide) groups is 1. The third-order valence-corrected chi connectivity index (χ3v) is 30.6. The van der Waals surface area contributed by atoms with Crippen LogP contribution in [0.2, 0.25) is 0 Å². The van der Waals surface area contributed by atoms with E-state index in [2.05, 4.69) is 95.0 Å². The second-order valence-electron chi connectivity index (χ2n) is 36.2. The highest BCUT2D eigenvalue weighted by molar-refractivity contribution is 14.0. The number of aliphatic imine (C=N–C) groups is 3. The van der Waals surface area contributed by atoms with Crippen LogP contribution >= 0.6 is 112 Å². The van der Waals surface area contributed by atoms with E-state index in [-0.39, 0.29) is 131 Å². The number of hydrogen-bond donors (Lipinski definition) is 9. The van der Waals surface area contributed by atoms with E-state index in [4.69, 9.17) is 86.1 Å². The van der Waals surface area contributed by atoms with Crippen molar-refractivity contribution in [2.75, 3.05) is 93.5 Å². The molecule has 0 bridgehead atoms. The Kier molecular flexibility index (Phi) is 32.7. The fourth-order valence-electron chi connectivity index (χ4n) is 20.7. The van der Waals surface area contributed by atoms with Gasteiger partial charge in [-0.25, -0.2) is 28.6 Å². The summed E-state index contributed by atoms with van der Waals surface area (Å²) >= 11 is 20.6. The van der Waals surface area contributed by atoms with E-state index in [1.165, 1.54) is 51.9 Å². The Morgan fingerprint density at radius 3 is 1.09 bits per heavy atom. The van der Waals surface area contributed by atoms with Crippen LogP contribution in [0.4, 0.5) is 13.6 Å². The van der Waals surface area contributed by atoms with Crippen molar-refractivity contribution in [3.8, 4) is 39.9 Å². The van der Waals surface area contributed by atoms with E-state index < -0.39 is 46.7 Å². The minimum absolute atomic E-state index is 0. The second-order valence-corrected chi connectivity index (χ2v) is 41.1. The number of halogens is 7. The number of rotatable bonds is 7. The highest BCUT2D eigenvalue weighted by atomic mass is 127. The molecule has 730 valence electrons. The van der Waals surface area contributed by atoms with Gasteiger partial charge in [0.25, 0.3) is 29.5 Å². The molecule has 0 aliphatic carbocycles. The van der Waals surface area contributed by atoms with Crippen LogP contribution in [-0.4, -0.2) is 214 Å². The molecule has 137 heavy (non-hydrogen) atoms. The number of likely N-dealkylation sites (N-methyl/N-ethyl adjacent to an activating group) is 3. The number of carbonyl (C=O) groups excluding carboxylic acids is 6. The molecule has 7 fully saturated rings.